The number of methoxy groups -OCH3 is 1. The number of hydrogen-bond donors (Lipinski definition) is 2. The van der Waals surface area contributed by atoms with E-state index in [4.69, 9.17) is 9.47 Å². The van der Waals surface area contributed by atoms with E-state index in [0.717, 1.165) is 16.7 Å². The Labute approximate surface area is 178 Å². The van der Waals surface area contributed by atoms with Crippen molar-refractivity contribution in [1.82, 2.24) is 5.32 Å². The normalized spacial score (nSPS) is 15.4. The summed E-state index contributed by atoms with van der Waals surface area (Å²) in [4.78, 5) is 28.5. The van der Waals surface area contributed by atoms with E-state index in [-0.39, 0.29) is 17.4 Å². The number of nitrogens with zero attached hydrogens (tertiary/aromatic N) is 1. The molecule has 1 rings (SSSR count). The van der Waals surface area contributed by atoms with Gasteiger partial charge in [-0.05, 0) is 64.1 Å². The molecule has 0 aliphatic carbocycles. The van der Waals surface area contributed by atoms with Crippen LogP contribution in [0.2, 0.25) is 0 Å². The molecule has 0 saturated heterocycles. The van der Waals surface area contributed by atoms with Crippen LogP contribution >= 0.6 is 0 Å². The minimum Gasteiger partial charge on any atom is -0.503 e. The number of carbonyl (C=O) groups is 2. The first kappa shape index (κ1) is 24.9. The topological polar surface area (TPSA) is 97.2 Å². The molecule has 1 amide bonds. The number of ether oxygens (including phenoxy) is 2. The largest absolute Gasteiger partial charge is 0.503 e. The van der Waals surface area contributed by atoms with E-state index in [1.165, 1.54) is 20.1 Å². The molecular weight excluding hydrogens is 384 g/mol. The monoisotopic (exact) mass is 416 g/mol. The van der Waals surface area contributed by atoms with Gasteiger partial charge in [-0.15, -0.1) is 0 Å². The zero-order valence-electron chi connectivity index (χ0n) is 18.8. The zero-order valence-corrected chi connectivity index (χ0v) is 18.8. The van der Waals surface area contributed by atoms with Crippen molar-refractivity contribution in [1.29, 1.82) is 0 Å². The van der Waals surface area contributed by atoms with Crippen LogP contribution in [0.25, 0.3) is 0 Å². The number of aryl methyl sites for hydroxylation is 2. The van der Waals surface area contributed by atoms with Crippen LogP contribution in [-0.2, 0) is 19.1 Å². The quantitative estimate of drug-likeness (QED) is 0.209. The predicted molar refractivity (Wildman–Crippen MR) is 117 cm³/mol. The molecule has 7 nitrogen and oxygen atoms in total. The van der Waals surface area contributed by atoms with Crippen molar-refractivity contribution in [3.05, 3.63) is 58.2 Å². The van der Waals surface area contributed by atoms with E-state index in [1.54, 1.807) is 6.92 Å². The number of hydrogen-bond acceptors (Lipinski definition) is 6. The van der Waals surface area contributed by atoms with Gasteiger partial charge in [-0.3, -0.25) is 9.79 Å². The van der Waals surface area contributed by atoms with Crippen molar-refractivity contribution in [3.8, 4) is 0 Å². The van der Waals surface area contributed by atoms with Gasteiger partial charge in [-0.25, -0.2) is 4.79 Å². The first-order chi connectivity index (χ1) is 14.1. The molecule has 0 radical (unpaired) electrons. The van der Waals surface area contributed by atoms with Crippen molar-refractivity contribution in [2.75, 3.05) is 7.11 Å². The minimum absolute atomic E-state index is 0.0219. The third kappa shape index (κ3) is 5.95. The van der Waals surface area contributed by atoms with Crippen LogP contribution < -0.4 is 5.32 Å². The average molecular weight is 417 g/mol. The summed E-state index contributed by atoms with van der Waals surface area (Å²) in [6.45, 7) is 14.3. The van der Waals surface area contributed by atoms with Gasteiger partial charge in [0.15, 0.2) is 17.2 Å². The van der Waals surface area contributed by atoms with Crippen LogP contribution in [0, 0.1) is 13.8 Å². The van der Waals surface area contributed by atoms with Gasteiger partial charge in [0.05, 0.1) is 7.11 Å². The van der Waals surface area contributed by atoms with Gasteiger partial charge in [-0.1, -0.05) is 25.1 Å². The highest BCUT2D eigenvalue weighted by molar-refractivity contribution is 5.97. The van der Waals surface area contributed by atoms with Crippen molar-refractivity contribution in [3.63, 3.8) is 0 Å². The maximum Gasteiger partial charge on any atom is 0.328 e. The highest BCUT2D eigenvalue weighted by Crippen LogP contribution is 2.27. The number of benzene rings is 1. The smallest absolute Gasteiger partial charge is 0.328 e. The number of amides is 1. The zero-order chi connectivity index (χ0) is 23.0. The van der Waals surface area contributed by atoms with E-state index in [1.807, 2.05) is 45.9 Å². The maximum atomic E-state index is 12.5. The summed E-state index contributed by atoms with van der Waals surface area (Å²) in [5.41, 5.74) is 3.06. The molecule has 0 spiro atoms. The van der Waals surface area contributed by atoms with E-state index in [9.17, 15) is 14.7 Å². The number of rotatable bonds is 9. The fourth-order valence-electron chi connectivity index (χ4n) is 3.21. The molecule has 164 valence electrons. The SMILES string of the molecule is C=N/C(C(=O)N[C@@H](C)C(=O)O[C@@H](C)[C@@H](C)c1c(C)cccc1C)=C(O)\C(=C/C)OC. The Hall–Kier alpha value is -3.09. The van der Waals surface area contributed by atoms with Crippen LogP contribution in [0.5, 0.6) is 0 Å². The summed E-state index contributed by atoms with van der Waals surface area (Å²) >= 11 is 0. The first-order valence-electron chi connectivity index (χ1n) is 9.77. The van der Waals surface area contributed by atoms with Gasteiger partial charge < -0.3 is 19.9 Å². The van der Waals surface area contributed by atoms with Crippen molar-refractivity contribution in [2.45, 2.75) is 59.6 Å². The lowest BCUT2D eigenvalue weighted by molar-refractivity contribution is -0.152. The lowest BCUT2D eigenvalue weighted by Gasteiger charge is -2.25. The van der Waals surface area contributed by atoms with Gasteiger partial charge >= 0.3 is 5.97 Å². The molecule has 2 N–H and O–H groups in total. The molecule has 3 atom stereocenters. The molecule has 0 bridgehead atoms. The molecular formula is C23H32N2O5. The van der Waals surface area contributed by atoms with Gasteiger partial charge in [0.1, 0.15) is 12.1 Å². The minimum atomic E-state index is -0.953. The summed E-state index contributed by atoms with van der Waals surface area (Å²) in [7, 11) is 1.35. The van der Waals surface area contributed by atoms with Crippen LogP contribution in [0.3, 0.4) is 0 Å². The molecule has 0 aliphatic rings. The number of allylic oxidation sites excluding steroid dienone is 1. The Kier molecular flexibility index (Phi) is 9.30. The van der Waals surface area contributed by atoms with Gasteiger partial charge in [0.2, 0.25) is 0 Å². The van der Waals surface area contributed by atoms with Gasteiger partial charge in [0, 0.05) is 5.92 Å². The molecule has 7 heteroatoms. The third-order valence-electron chi connectivity index (χ3n) is 5.02. The van der Waals surface area contributed by atoms with Gasteiger partial charge in [0.25, 0.3) is 5.91 Å². The van der Waals surface area contributed by atoms with E-state index in [2.05, 4.69) is 17.0 Å². The molecule has 0 aliphatic heterocycles. The second kappa shape index (κ2) is 11.2. The standard InChI is InChI=1S/C23H32N2O5/c1-9-18(29-8)21(26)20(24-7)22(27)25-16(5)23(28)30-17(6)15(4)19-13(2)11-10-12-14(19)3/h9-12,15-17,26H,7H2,1-6,8H3,(H,25,27)/b18-9+,21-20+/t15-,16+,17+/m1/s1. The second-order valence-corrected chi connectivity index (χ2v) is 7.14. The van der Waals surface area contributed by atoms with E-state index in [0.29, 0.717) is 0 Å². The summed E-state index contributed by atoms with van der Waals surface area (Å²) < 4.78 is 10.6. The molecule has 0 unspecified atom stereocenters. The summed E-state index contributed by atoms with van der Waals surface area (Å²) in [6.07, 6.45) is 1.07. The number of esters is 1. The molecule has 1 aromatic rings. The Bertz CT molecular complexity index is 837. The second-order valence-electron chi connectivity index (χ2n) is 7.14. The van der Waals surface area contributed by atoms with Crippen LogP contribution in [0.4, 0.5) is 0 Å². The average Bonchev–Trinajstić information content (AvgIpc) is 2.69. The lowest BCUT2D eigenvalue weighted by Crippen LogP contribution is -2.42. The maximum absolute atomic E-state index is 12.5. The molecule has 1 aromatic carbocycles. The summed E-state index contributed by atoms with van der Waals surface area (Å²) in [5.74, 6) is -1.77. The lowest BCUT2D eigenvalue weighted by atomic mass is 9.89. The van der Waals surface area contributed by atoms with E-state index < -0.39 is 29.8 Å². The molecule has 0 aromatic heterocycles. The van der Waals surface area contributed by atoms with Crippen LogP contribution in [0.15, 0.2) is 46.5 Å². The number of nitrogens with one attached hydrogen (secondary N) is 1. The number of aliphatic hydroxyl groups is 1. The number of aliphatic hydroxyl groups excluding tert-OH is 1. The van der Waals surface area contributed by atoms with E-state index >= 15 is 0 Å². The van der Waals surface area contributed by atoms with Crippen molar-refractivity contribution in [2.24, 2.45) is 4.99 Å². The predicted octanol–water partition coefficient (Wildman–Crippen LogP) is 3.86. The third-order valence-corrected chi connectivity index (χ3v) is 5.02. The van der Waals surface area contributed by atoms with Crippen molar-refractivity contribution >= 4 is 18.6 Å². The van der Waals surface area contributed by atoms with Crippen LogP contribution in [-0.4, -0.2) is 43.0 Å². The molecule has 0 fully saturated rings. The molecule has 0 saturated carbocycles. The highest BCUT2D eigenvalue weighted by Gasteiger charge is 2.26. The van der Waals surface area contributed by atoms with Crippen molar-refractivity contribution < 1.29 is 24.2 Å². The Balaban J connectivity index is 2.88. The van der Waals surface area contributed by atoms with Crippen LogP contribution in [0.1, 0.15) is 50.3 Å². The number of carbonyl (C=O) groups excluding carboxylic acids is 2. The fraction of sp³-hybridized carbons (Fsp3) is 0.435. The number of aliphatic imine (C=N–C) groups is 1. The Morgan fingerprint density at radius 2 is 1.77 bits per heavy atom. The summed E-state index contributed by atoms with van der Waals surface area (Å²) in [5, 5.41) is 12.6. The highest BCUT2D eigenvalue weighted by atomic mass is 16.5. The Morgan fingerprint density at radius 3 is 2.23 bits per heavy atom. The van der Waals surface area contributed by atoms with Gasteiger partial charge in [-0.2, -0.15) is 0 Å². The Morgan fingerprint density at radius 1 is 1.20 bits per heavy atom. The molecule has 30 heavy (non-hydrogen) atoms. The first-order valence-corrected chi connectivity index (χ1v) is 9.77. The fourth-order valence-corrected chi connectivity index (χ4v) is 3.21. The molecule has 0 heterocycles. The summed E-state index contributed by atoms with van der Waals surface area (Å²) in [6, 6.07) is 5.09.